The number of aromatic nitrogens is 2. The fourth-order valence-electron chi connectivity index (χ4n) is 4.28. The largest absolute Gasteiger partial charge is 0.342 e. The van der Waals surface area contributed by atoms with Crippen molar-refractivity contribution in [3.05, 3.63) is 53.9 Å². The van der Waals surface area contributed by atoms with Gasteiger partial charge in [0.15, 0.2) is 5.13 Å². The molecule has 0 saturated carbocycles. The van der Waals surface area contributed by atoms with Crippen LogP contribution in [-0.4, -0.2) is 40.0 Å². The highest BCUT2D eigenvalue weighted by atomic mass is 32.1. The molecule has 2 aliphatic rings. The van der Waals surface area contributed by atoms with Gasteiger partial charge in [0.1, 0.15) is 0 Å². The maximum absolute atomic E-state index is 5.01. The van der Waals surface area contributed by atoms with Crippen LogP contribution in [0.3, 0.4) is 0 Å². The molecule has 2 aliphatic heterocycles. The Bertz CT molecular complexity index is 891. The van der Waals surface area contributed by atoms with Gasteiger partial charge in [-0.1, -0.05) is 36.5 Å². The van der Waals surface area contributed by atoms with E-state index in [1.165, 1.54) is 33.0 Å². The highest BCUT2D eigenvalue weighted by Crippen LogP contribution is 2.39. The predicted octanol–water partition coefficient (Wildman–Crippen LogP) is 3.72. The van der Waals surface area contributed by atoms with Crippen molar-refractivity contribution in [2.45, 2.75) is 38.4 Å². The Kier molecular flexibility index (Phi) is 3.71. The molecule has 5 rings (SSSR count). The van der Waals surface area contributed by atoms with Gasteiger partial charge in [-0.15, -0.1) is 0 Å². The molecule has 0 N–H and O–H groups in total. The second-order valence-corrected chi connectivity index (χ2v) is 8.07. The Morgan fingerprint density at radius 2 is 2.08 bits per heavy atom. The standard InChI is InChI=1S/C20H22N4S/c1-2-14-6-5-8-18-19(14)22-20(25-18)24-13-16-10-17(24)12-23(16)11-15-7-3-4-9-21-15/h3-9,16-17H,2,10-13H2,1H3. The van der Waals surface area contributed by atoms with E-state index in [1.54, 1.807) is 0 Å². The Labute approximate surface area is 152 Å². The van der Waals surface area contributed by atoms with Crippen molar-refractivity contribution in [2.24, 2.45) is 0 Å². The lowest BCUT2D eigenvalue weighted by atomic mass is 10.1. The molecule has 2 saturated heterocycles. The van der Waals surface area contributed by atoms with Gasteiger partial charge in [0.25, 0.3) is 0 Å². The predicted molar refractivity (Wildman–Crippen MR) is 103 cm³/mol. The fraction of sp³-hybridized carbons (Fsp3) is 0.400. The highest BCUT2D eigenvalue weighted by molar-refractivity contribution is 7.22. The van der Waals surface area contributed by atoms with Crippen molar-refractivity contribution < 1.29 is 0 Å². The fourth-order valence-corrected chi connectivity index (χ4v) is 5.37. The van der Waals surface area contributed by atoms with Gasteiger partial charge in [0, 0.05) is 37.9 Å². The van der Waals surface area contributed by atoms with Crippen LogP contribution >= 0.6 is 11.3 Å². The zero-order valence-electron chi connectivity index (χ0n) is 14.4. The number of nitrogens with zero attached hydrogens (tertiary/aromatic N) is 4. The van der Waals surface area contributed by atoms with E-state index in [0.29, 0.717) is 12.1 Å². The van der Waals surface area contributed by atoms with Gasteiger partial charge >= 0.3 is 0 Å². The van der Waals surface area contributed by atoms with Gasteiger partial charge in [-0.25, -0.2) is 4.98 Å². The van der Waals surface area contributed by atoms with Crippen LogP contribution in [0.4, 0.5) is 5.13 Å². The number of piperazine rings is 1. The summed E-state index contributed by atoms with van der Waals surface area (Å²) in [6.45, 7) is 5.40. The molecule has 2 bridgehead atoms. The summed E-state index contributed by atoms with van der Waals surface area (Å²) in [4.78, 5) is 14.6. The second kappa shape index (κ2) is 6.07. The number of thiazole rings is 1. The number of hydrogen-bond donors (Lipinski definition) is 0. The van der Waals surface area contributed by atoms with Crippen LogP contribution in [-0.2, 0) is 13.0 Å². The molecular formula is C20H22N4S. The monoisotopic (exact) mass is 350 g/mol. The van der Waals surface area contributed by atoms with Crippen molar-refractivity contribution in [1.29, 1.82) is 0 Å². The molecular weight excluding hydrogens is 328 g/mol. The minimum absolute atomic E-state index is 0.597. The molecule has 0 radical (unpaired) electrons. The Morgan fingerprint density at radius 3 is 2.84 bits per heavy atom. The van der Waals surface area contributed by atoms with Gasteiger partial charge < -0.3 is 4.90 Å². The number of para-hydroxylation sites is 1. The maximum atomic E-state index is 5.01. The number of benzene rings is 1. The van der Waals surface area contributed by atoms with Gasteiger partial charge in [-0.2, -0.15) is 0 Å². The van der Waals surface area contributed by atoms with Crippen molar-refractivity contribution in [3.8, 4) is 0 Å². The molecule has 0 spiro atoms. The van der Waals surface area contributed by atoms with Gasteiger partial charge in [0.05, 0.1) is 15.9 Å². The number of hydrogen-bond acceptors (Lipinski definition) is 5. The SMILES string of the molecule is CCc1cccc2sc(N3CC4CC3CN4Cc3ccccn3)nc12. The first kappa shape index (κ1) is 15.3. The third-order valence-electron chi connectivity index (χ3n) is 5.56. The third-order valence-corrected chi connectivity index (χ3v) is 6.62. The van der Waals surface area contributed by atoms with E-state index in [4.69, 9.17) is 4.98 Å². The number of aryl methyl sites for hydroxylation is 1. The first-order valence-electron chi connectivity index (χ1n) is 9.11. The maximum Gasteiger partial charge on any atom is 0.186 e. The minimum atomic E-state index is 0.597. The summed E-state index contributed by atoms with van der Waals surface area (Å²) in [5.41, 5.74) is 3.74. The molecule has 25 heavy (non-hydrogen) atoms. The molecule has 3 aromatic rings. The van der Waals surface area contributed by atoms with Crippen molar-refractivity contribution in [1.82, 2.24) is 14.9 Å². The molecule has 0 aliphatic carbocycles. The molecule has 2 atom stereocenters. The van der Waals surface area contributed by atoms with Crippen LogP contribution in [0.25, 0.3) is 10.2 Å². The first-order valence-corrected chi connectivity index (χ1v) is 9.92. The zero-order chi connectivity index (χ0) is 16.8. The molecule has 2 aromatic heterocycles. The van der Waals surface area contributed by atoms with E-state index in [2.05, 4.69) is 52.0 Å². The number of anilines is 1. The molecule has 0 amide bonds. The average Bonchev–Trinajstić information content (AvgIpc) is 3.35. The summed E-state index contributed by atoms with van der Waals surface area (Å²) in [6, 6.07) is 14.0. The van der Waals surface area contributed by atoms with Gasteiger partial charge in [0.2, 0.25) is 0 Å². The van der Waals surface area contributed by atoms with E-state index in [1.807, 2.05) is 23.6 Å². The molecule has 5 heteroatoms. The van der Waals surface area contributed by atoms with Crippen LogP contribution in [0, 0.1) is 0 Å². The van der Waals surface area contributed by atoms with Gasteiger partial charge in [-0.05, 0) is 36.6 Å². The van der Waals surface area contributed by atoms with E-state index in [-0.39, 0.29) is 0 Å². The smallest absolute Gasteiger partial charge is 0.186 e. The third kappa shape index (κ3) is 2.62. The number of rotatable bonds is 4. The Balaban J connectivity index is 1.35. The first-order chi connectivity index (χ1) is 12.3. The summed E-state index contributed by atoms with van der Waals surface area (Å²) >= 11 is 1.85. The quantitative estimate of drug-likeness (QED) is 0.718. The van der Waals surface area contributed by atoms with Crippen LogP contribution in [0.1, 0.15) is 24.6 Å². The topological polar surface area (TPSA) is 32.3 Å². The highest BCUT2D eigenvalue weighted by Gasteiger charge is 2.44. The normalized spacial score (nSPS) is 23.0. The number of pyridine rings is 1. The number of fused-ring (bicyclic) bond motifs is 3. The molecule has 2 unspecified atom stereocenters. The molecule has 128 valence electrons. The van der Waals surface area contributed by atoms with Crippen LogP contribution in [0.15, 0.2) is 42.6 Å². The van der Waals surface area contributed by atoms with E-state index in [9.17, 15) is 0 Å². The summed E-state index contributed by atoms with van der Waals surface area (Å²) < 4.78 is 1.32. The van der Waals surface area contributed by atoms with Crippen molar-refractivity contribution in [2.75, 3.05) is 18.0 Å². The molecule has 4 heterocycles. The summed E-state index contributed by atoms with van der Waals surface area (Å²) in [6.07, 6.45) is 4.19. The minimum Gasteiger partial charge on any atom is -0.342 e. The lowest BCUT2D eigenvalue weighted by Gasteiger charge is -2.33. The van der Waals surface area contributed by atoms with E-state index >= 15 is 0 Å². The summed E-state index contributed by atoms with van der Waals surface area (Å²) in [5.74, 6) is 0. The van der Waals surface area contributed by atoms with Crippen LogP contribution < -0.4 is 4.90 Å². The van der Waals surface area contributed by atoms with Crippen LogP contribution in [0.5, 0.6) is 0 Å². The zero-order valence-corrected chi connectivity index (χ0v) is 15.2. The Morgan fingerprint density at radius 1 is 1.12 bits per heavy atom. The number of likely N-dealkylation sites (tertiary alicyclic amines) is 1. The van der Waals surface area contributed by atoms with Gasteiger partial charge in [-0.3, -0.25) is 9.88 Å². The lowest BCUT2D eigenvalue weighted by molar-refractivity contribution is 0.228. The Hall–Kier alpha value is -1.98. The molecule has 2 fully saturated rings. The second-order valence-electron chi connectivity index (χ2n) is 7.06. The van der Waals surface area contributed by atoms with E-state index < -0.39 is 0 Å². The summed E-state index contributed by atoms with van der Waals surface area (Å²) in [7, 11) is 0. The van der Waals surface area contributed by atoms with Crippen molar-refractivity contribution in [3.63, 3.8) is 0 Å². The summed E-state index contributed by atoms with van der Waals surface area (Å²) in [5, 5.41) is 1.21. The van der Waals surface area contributed by atoms with Crippen LogP contribution in [0.2, 0.25) is 0 Å². The molecule has 4 nitrogen and oxygen atoms in total. The average molecular weight is 350 g/mol. The van der Waals surface area contributed by atoms with Crippen molar-refractivity contribution >= 4 is 26.7 Å². The lowest BCUT2D eigenvalue weighted by Crippen LogP contribution is -2.46. The molecule has 1 aromatic carbocycles. The van der Waals surface area contributed by atoms with E-state index in [0.717, 1.165) is 26.1 Å².